The highest BCUT2D eigenvalue weighted by atomic mass is 32.2. The average Bonchev–Trinajstić information content (AvgIpc) is 2.43. The van der Waals surface area contributed by atoms with Crippen molar-refractivity contribution >= 4 is 15.7 Å². The van der Waals surface area contributed by atoms with Gasteiger partial charge in [0.05, 0.1) is 4.90 Å². The van der Waals surface area contributed by atoms with Crippen molar-refractivity contribution in [2.45, 2.75) is 44.6 Å². The summed E-state index contributed by atoms with van der Waals surface area (Å²) >= 11 is 0. The van der Waals surface area contributed by atoms with Gasteiger partial charge in [0.15, 0.2) is 0 Å². The molecule has 3 N–H and O–H groups in total. The van der Waals surface area contributed by atoms with E-state index < -0.39 is 10.0 Å². The zero-order valence-electron chi connectivity index (χ0n) is 13.2. The number of nitrogens with one attached hydrogen (secondary N) is 1. The lowest BCUT2D eigenvalue weighted by Crippen LogP contribution is -2.33. The van der Waals surface area contributed by atoms with E-state index in [0.717, 1.165) is 32.5 Å². The van der Waals surface area contributed by atoms with Gasteiger partial charge in [-0.2, -0.15) is 0 Å². The van der Waals surface area contributed by atoms with Crippen molar-refractivity contribution in [2.75, 3.05) is 25.4 Å². The average molecular weight is 313 g/mol. The Bertz CT molecular complexity index is 510. The van der Waals surface area contributed by atoms with Crippen LogP contribution in [-0.2, 0) is 10.0 Å². The molecule has 0 aromatic heterocycles. The number of benzene rings is 1. The van der Waals surface area contributed by atoms with Gasteiger partial charge in [0.1, 0.15) is 0 Å². The fourth-order valence-electron chi connectivity index (χ4n) is 2.20. The van der Waals surface area contributed by atoms with E-state index in [1.807, 2.05) is 6.92 Å². The molecule has 120 valence electrons. The molecule has 0 spiro atoms. The predicted molar refractivity (Wildman–Crippen MR) is 87.7 cm³/mol. The van der Waals surface area contributed by atoms with Crippen LogP contribution in [0.3, 0.4) is 0 Å². The number of hydrogen-bond donors (Lipinski definition) is 2. The lowest BCUT2D eigenvalue weighted by molar-refractivity contribution is 0.293. The summed E-state index contributed by atoms with van der Waals surface area (Å²) in [6, 6.07) is 6.17. The Morgan fingerprint density at radius 1 is 1.19 bits per heavy atom. The lowest BCUT2D eigenvalue weighted by Gasteiger charge is -2.19. The van der Waals surface area contributed by atoms with Gasteiger partial charge in [0, 0.05) is 11.7 Å². The molecule has 0 amide bonds. The third-order valence-electron chi connectivity index (χ3n) is 3.55. The van der Waals surface area contributed by atoms with Crippen molar-refractivity contribution in [1.82, 2.24) is 9.62 Å². The highest BCUT2D eigenvalue weighted by Gasteiger charge is 2.17. The summed E-state index contributed by atoms with van der Waals surface area (Å²) in [7, 11) is -3.46. The van der Waals surface area contributed by atoms with Gasteiger partial charge in [0.25, 0.3) is 0 Å². The third-order valence-corrected chi connectivity index (χ3v) is 5.16. The predicted octanol–water partition coefficient (Wildman–Crippen LogP) is 2.06. The lowest BCUT2D eigenvalue weighted by atomic mass is 10.2. The van der Waals surface area contributed by atoms with Gasteiger partial charge in [-0.3, -0.25) is 0 Å². The smallest absolute Gasteiger partial charge is 0.240 e. The standard InChI is InChI=1S/C15H27N3O2S/c1-4-18(5-2)12-6-7-13(3)17-21(19,20)15-10-8-14(16)9-11-15/h8-11,13,17H,4-7,12,16H2,1-3H3. The van der Waals surface area contributed by atoms with Crippen LogP contribution in [0.1, 0.15) is 33.6 Å². The summed E-state index contributed by atoms with van der Waals surface area (Å²) in [5.41, 5.74) is 6.13. The number of sulfonamides is 1. The number of hydrogen-bond acceptors (Lipinski definition) is 4. The van der Waals surface area contributed by atoms with Gasteiger partial charge >= 0.3 is 0 Å². The topological polar surface area (TPSA) is 75.4 Å². The summed E-state index contributed by atoms with van der Waals surface area (Å²) in [5.74, 6) is 0. The zero-order chi connectivity index (χ0) is 15.9. The molecule has 1 atom stereocenters. The van der Waals surface area contributed by atoms with Crippen LogP contribution in [0.25, 0.3) is 0 Å². The quantitative estimate of drug-likeness (QED) is 0.684. The van der Waals surface area contributed by atoms with Crippen LogP contribution < -0.4 is 10.5 Å². The van der Waals surface area contributed by atoms with Crippen LogP contribution in [0, 0.1) is 0 Å². The van der Waals surface area contributed by atoms with Crippen LogP contribution in [0.15, 0.2) is 29.2 Å². The first-order valence-electron chi connectivity index (χ1n) is 7.49. The maximum absolute atomic E-state index is 12.2. The van der Waals surface area contributed by atoms with Crippen molar-refractivity contribution in [3.63, 3.8) is 0 Å². The number of nitrogens with zero attached hydrogens (tertiary/aromatic N) is 1. The second-order valence-electron chi connectivity index (χ2n) is 5.26. The molecule has 0 fully saturated rings. The summed E-state index contributed by atoms with van der Waals surface area (Å²) in [5, 5.41) is 0. The van der Waals surface area contributed by atoms with Crippen LogP contribution >= 0.6 is 0 Å². The van der Waals surface area contributed by atoms with Crippen molar-refractivity contribution in [3.8, 4) is 0 Å². The highest BCUT2D eigenvalue weighted by molar-refractivity contribution is 7.89. The molecule has 1 aromatic rings. The van der Waals surface area contributed by atoms with Gasteiger partial charge in [-0.25, -0.2) is 13.1 Å². The van der Waals surface area contributed by atoms with E-state index in [9.17, 15) is 8.42 Å². The fourth-order valence-corrected chi connectivity index (χ4v) is 3.48. The molecule has 0 bridgehead atoms. The minimum atomic E-state index is -3.46. The molecule has 6 heteroatoms. The monoisotopic (exact) mass is 313 g/mol. The fraction of sp³-hybridized carbons (Fsp3) is 0.600. The van der Waals surface area contributed by atoms with Crippen molar-refractivity contribution in [1.29, 1.82) is 0 Å². The van der Waals surface area contributed by atoms with E-state index in [2.05, 4.69) is 23.5 Å². The van der Waals surface area contributed by atoms with Crippen molar-refractivity contribution in [3.05, 3.63) is 24.3 Å². The molecule has 0 saturated carbocycles. The van der Waals surface area contributed by atoms with E-state index >= 15 is 0 Å². The van der Waals surface area contributed by atoms with Gasteiger partial charge in [-0.05, 0) is 63.7 Å². The van der Waals surface area contributed by atoms with E-state index in [4.69, 9.17) is 5.73 Å². The maximum atomic E-state index is 12.2. The first-order chi connectivity index (χ1) is 9.89. The Labute approximate surface area is 128 Å². The summed E-state index contributed by atoms with van der Waals surface area (Å²) in [6.07, 6.45) is 1.80. The van der Waals surface area contributed by atoms with E-state index in [-0.39, 0.29) is 10.9 Å². The molecule has 21 heavy (non-hydrogen) atoms. The first kappa shape index (κ1) is 17.9. The largest absolute Gasteiger partial charge is 0.399 e. The van der Waals surface area contributed by atoms with E-state index in [1.165, 1.54) is 12.1 Å². The van der Waals surface area contributed by atoms with Gasteiger partial charge in [-0.1, -0.05) is 13.8 Å². The molecule has 0 aliphatic heterocycles. The Hall–Kier alpha value is -1.11. The number of anilines is 1. The molecule has 5 nitrogen and oxygen atoms in total. The van der Waals surface area contributed by atoms with Gasteiger partial charge in [-0.15, -0.1) is 0 Å². The molecule has 0 saturated heterocycles. The molecular weight excluding hydrogens is 286 g/mol. The van der Waals surface area contributed by atoms with E-state index in [0.29, 0.717) is 5.69 Å². The highest BCUT2D eigenvalue weighted by Crippen LogP contribution is 2.12. The molecule has 0 radical (unpaired) electrons. The van der Waals surface area contributed by atoms with Crippen molar-refractivity contribution in [2.24, 2.45) is 0 Å². The summed E-state index contributed by atoms with van der Waals surface area (Å²) < 4.78 is 27.1. The van der Waals surface area contributed by atoms with Gasteiger partial charge in [0.2, 0.25) is 10.0 Å². The van der Waals surface area contributed by atoms with Crippen molar-refractivity contribution < 1.29 is 8.42 Å². The van der Waals surface area contributed by atoms with Crippen LogP contribution in [0.5, 0.6) is 0 Å². The Kier molecular flexibility index (Phi) is 7.14. The Morgan fingerprint density at radius 2 is 1.76 bits per heavy atom. The van der Waals surface area contributed by atoms with E-state index in [1.54, 1.807) is 12.1 Å². The molecule has 1 aromatic carbocycles. The summed E-state index contributed by atoms with van der Waals surface area (Å²) in [6.45, 7) is 9.23. The van der Waals surface area contributed by atoms with Crippen LogP contribution in [-0.4, -0.2) is 39.0 Å². The molecule has 0 aliphatic rings. The second-order valence-corrected chi connectivity index (χ2v) is 6.97. The minimum Gasteiger partial charge on any atom is -0.399 e. The SMILES string of the molecule is CCN(CC)CCCC(C)NS(=O)(=O)c1ccc(N)cc1. The number of nitrogen functional groups attached to an aromatic ring is 1. The van der Waals surface area contributed by atoms with Gasteiger partial charge < -0.3 is 10.6 Å². The Morgan fingerprint density at radius 3 is 2.29 bits per heavy atom. The zero-order valence-corrected chi connectivity index (χ0v) is 14.0. The number of rotatable bonds is 9. The normalized spacial score (nSPS) is 13.5. The maximum Gasteiger partial charge on any atom is 0.240 e. The third kappa shape index (κ3) is 6.03. The first-order valence-corrected chi connectivity index (χ1v) is 8.97. The summed E-state index contributed by atoms with van der Waals surface area (Å²) in [4.78, 5) is 2.59. The molecule has 0 aliphatic carbocycles. The molecular formula is C15H27N3O2S. The second kappa shape index (κ2) is 8.36. The number of nitrogens with two attached hydrogens (primary N) is 1. The molecule has 0 heterocycles. The molecule has 1 unspecified atom stereocenters. The van der Waals surface area contributed by atoms with Crippen LogP contribution in [0.4, 0.5) is 5.69 Å². The van der Waals surface area contributed by atoms with Crippen LogP contribution in [0.2, 0.25) is 0 Å². The molecule has 1 rings (SSSR count). The Balaban J connectivity index is 2.49. The minimum absolute atomic E-state index is 0.0804.